The molecule has 1 aliphatic heterocycles. The first-order chi connectivity index (χ1) is 14.7. The number of hydrogen-bond donors (Lipinski definition) is 3. The van der Waals surface area contributed by atoms with Crippen molar-refractivity contribution >= 4 is 40.0 Å². The molecule has 0 radical (unpaired) electrons. The van der Waals surface area contributed by atoms with Crippen LogP contribution in [0.15, 0.2) is 18.2 Å². The molecule has 1 unspecified atom stereocenters. The van der Waals surface area contributed by atoms with Crippen molar-refractivity contribution in [1.82, 2.24) is 19.7 Å². The van der Waals surface area contributed by atoms with E-state index >= 15 is 0 Å². The van der Waals surface area contributed by atoms with Gasteiger partial charge in [-0.25, -0.2) is 9.97 Å². The predicted octanol–water partition coefficient (Wildman–Crippen LogP) is 3.44. The Morgan fingerprint density at radius 2 is 1.91 bits per heavy atom. The zero-order chi connectivity index (χ0) is 23.6. The smallest absolute Gasteiger partial charge is 0.383 e. The van der Waals surface area contributed by atoms with Crippen LogP contribution in [0.25, 0.3) is 22.4 Å². The molecular weight excluding hydrogens is 461 g/mol. The van der Waals surface area contributed by atoms with Gasteiger partial charge in [-0.3, -0.25) is 9.48 Å². The molecule has 1 aliphatic rings. The number of anilines is 2. The zero-order valence-electron chi connectivity index (χ0n) is 16.3. The van der Waals surface area contributed by atoms with Crippen molar-refractivity contribution in [2.45, 2.75) is 37.5 Å². The lowest BCUT2D eigenvalue weighted by Crippen LogP contribution is -2.40. The number of rotatable bonds is 4. The molecule has 1 aromatic carbocycles. The second-order valence-corrected chi connectivity index (χ2v) is 7.93. The normalized spacial score (nSPS) is 18.8. The predicted molar refractivity (Wildman–Crippen MR) is 106 cm³/mol. The Hall–Kier alpha value is -3.06. The zero-order valence-corrected chi connectivity index (χ0v) is 17.0. The molecule has 0 saturated heterocycles. The van der Waals surface area contributed by atoms with Gasteiger partial charge in [0.15, 0.2) is 5.82 Å². The Morgan fingerprint density at radius 3 is 2.56 bits per heavy atom. The van der Waals surface area contributed by atoms with Gasteiger partial charge in [-0.15, -0.1) is 0 Å². The van der Waals surface area contributed by atoms with Crippen LogP contribution in [0.5, 0.6) is 0 Å². The van der Waals surface area contributed by atoms with Gasteiger partial charge in [0.05, 0.1) is 11.1 Å². The molecule has 5 N–H and O–H groups in total. The van der Waals surface area contributed by atoms with E-state index in [4.69, 9.17) is 23.1 Å². The molecule has 32 heavy (non-hydrogen) atoms. The number of nitrogens with two attached hydrogens (primary N) is 2. The highest BCUT2D eigenvalue weighted by molar-refractivity contribution is 6.31. The van der Waals surface area contributed by atoms with Gasteiger partial charge in [0.1, 0.15) is 22.9 Å². The molecule has 2 aromatic heterocycles. The summed E-state index contributed by atoms with van der Waals surface area (Å²) >= 11 is 5.98. The molecule has 0 saturated carbocycles. The molecule has 14 heteroatoms. The summed E-state index contributed by atoms with van der Waals surface area (Å²) in [5, 5.41) is 7.18. The second kappa shape index (κ2) is 6.97. The maximum Gasteiger partial charge on any atom is 0.453 e. The Labute approximate surface area is 181 Å². The van der Waals surface area contributed by atoms with Crippen LogP contribution in [0.4, 0.5) is 33.6 Å². The second-order valence-electron chi connectivity index (χ2n) is 7.50. The number of alkyl halides is 5. The van der Waals surface area contributed by atoms with Crippen LogP contribution in [0.2, 0.25) is 5.02 Å². The van der Waals surface area contributed by atoms with Gasteiger partial charge in [0, 0.05) is 23.4 Å². The first-order valence-electron chi connectivity index (χ1n) is 9.11. The number of amides is 1. The van der Waals surface area contributed by atoms with E-state index in [1.807, 2.05) is 0 Å². The Kier molecular flexibility index (Phi) is 4.82. The monoisotopic (exact) mass is 475 g/mol. The molecule has 170 valence electrons. The topological polar surface area (TPSA) is 125 Å². The Bertz CT molecular complexity index is 1250. The fourth-order valence-electron chi connectivity index (χ4n) is 3.41. The molecule has 0 bridgehead atoms. The van der Waals surface area contributed by atoms with Gasteiger partial charge in [-0.05, 0) is 25.1 Å². The molecule has 3 aromatic rings. The number of halogens is 6. The van der Waals surface area contributed by atoms with E-state index in [1.54, 1.807) is 0 Å². The van der Waals surface area contributed by atoms with Crippen molar-refractivity contribution in [3.05, 3.63) is 28.8 Å². The molecule has 0 aliphatic carbocycles. The van der Waals surface area contributed by atoms with Crippen LogP contribution in [0.1, 0.15) is 18.9 Å². The summed E-state index contributed by atoms with van der Waals surface area (Å²) in [6, 6.07) is 4.35. The van der Waals surface area contributed by atoms with E-state index in [-0.39, 0.29) is 39.3 Å². The molecule has 0 fully saturated rings. The summed E-state index contributed by atoms with van der Waals surface area (Å²) in [6.07, 6.45) is -7.23. The van der Waals surface area contributed by atoms with Crippen molar-refractivity contribution in [2.24, 2.45) is 5.73 Å². The summed E-state index contributed by atoms with van der Waals surface area (Å²) in [5.41, 5.74) is 10.9. The number of aromatic nitrogens is 4. The molecule has 4 rings (SSSR count). The molecular formula is C18H15ClF5N7O. The molecule has 1 atom stereocenters. The third kappa shape index (κ3) is 3.41. The minimum absolute atomic E-state index is 0.0568. The third-order valence-corrected chi connectivity index (χ3v) is 5.37. The number of benzene rings is 1. The number of nitrogens with one attached hydrogen (secondary N) is 1. The van der Waals surface area contributed by atoms with E-state index in [0.717, 1.165) is 4.68 Å². The number of aryl methyl sites for hydroxylation is 1. The fraction of sp³-hybridized carbons (Fsp3) is 0.333. The maximum absolute atomic E-state index is 13.5. The summed E-state index contributed by atoms with van der Waals surface area (Å²) in [6.45, 7) is 0.669. The summed E-state index contributed by atoms with van der Waals surface area (Å²) in [7, 11) is 0. The molecule has 3 heterocycles. The minimum Gasteiger partial charge on any atom is -0.383 e. The van der Waals surface area contributed by atoms with E-state index in [0.29, 0.717) is 5.39 Å². The van der Waals surface area contributed by atoms with E-state index in [9.17, 15) is 26.7 Å². The van der Waals surface area contributed by atoms with Crippen LogP contribution in [-0.2, 0) is 16.9 Å². The molecule has 0 spiro atoms. The number of carbonyl (C=O) groups excluding carboxylic acids is 1. The van der Waals surface area contributed by atoms with Gasteiger partial charge >= 0.3 is 12.1 Å². The van der Waals surface area contributed by atoms with Crippen molar-refractivity contribution in [1.29, 1.82) is 0 Å². The first-order valence-corrected chi connectivity index (χ1v) is 9.49. The Morgan fingerprint density at radius 1 is 1.22 bits per heavy atom. The maximum atomic E-state index is 13.5. The van der Waals surface area contributed by atoms with Crippen LogP contribution in [0, 0.1) is 0 Å². The third-order valence-electron chi connectivity index (χ3n) is 5.14. The van der Waals surface area contributed by atoms with E-state index in [1.165, 1.54) is 25.1 Å². The van der Waals surface area contributed by atoms with Gasteiger partial charge in [-0.1, -0.05) is 11.6 Å². The Balaban J connectivity index is 1.81. The fourth-order valence-corrected chi connectivity index (χ4v) is 3.57. The van der Waals surface area contributed by atoms with Gasteiger partial charge in [0.25, 0.3) is 0 Å². The molecule has 8 nitrogen and oxygen atoms in total. The van der Waals surface area contributed by atoms with Gasteiger partial charge < -0.3 is 16.8 Å². The van der Waals surface area contributed by atoms with Crippen LogP contribution >= 0.6 is 11.6 Å². The highest BCUT2D eigenvalue weighted by Gasteiger charge is 2.56. The number of hydrogen-bond acceptors (Lipinski definition) is 6. The van der Waals surface area contributed by atoms with E-state index in [2.05, 4.69) is 20.4 Å². The number of carbonyl (C=O) groups is 1. The standard InChI is InChI=1S/C18H15ClF5N7O/c1-16(26)10-12(25)27-14(28-13(10)29-15(16)32)11-8-3-2-7(19)6-9(8)31(30-11)5-4-17(20,21)18(22,23)24/h2-3,6H,4-5,26H2,1H3,(H3,25,27,28,29,32). The number of fused-ring (bicyclic) bond motifs is 2. The van der Waals surface area contributed by atoms with Crippen molar-refractivity contribution in [3.8, 4) is 11.5 Å². The number of nitrogen functional groups attached to an aromatic ring is 1. The SMILES string of the molecule is CC1(N)C(=O)Nc2nc(-c3nn(CCC(F)(F)C(F)(F)F)c4cc(Cl)ccc34)nc(N)c21. The largest absolute Gasteiger partial charge is 0.453 e. The summed E-state index contributed by atoms with van der Waals surface area (Å²) < 4.78 is 65.6. The van der Waals surface area contributed by atoms with Crippen LogP contribution in [-0.4, -0.2) is 37.8 Å². The van der Waals surface area contributed by atoms with Crippen molar-refractivity contribution in [3.63, 3.8) is 0 Å². The van der Waals surface area contributed by atoms with Crippen LogP contribution in [0.3, 0.4) is 0 Å². The highest BCUT2D eigenvalue weighted by Crippen LogP contribution is 2.40. The highest BCUT2D eigenvalue weighted by atomic mass is 35.5. The average Bonchev–Trinajstić information content (AvgIpc) is 3.13. The van der Waals surface area contributed by atoms with Crippen molar-refractivity contribution in [2.75, 3.05) is 11.1 Å². The molecule has 1 amide bonds. The summed E-state index contributed by atoms with van der Waals surface area (Å²) in [5.74, 6) is -5.58. The van der Waals surface area contributed by atoms with Crippen LogP contribution < -0.4 is 16.8 Å². The van der Waals surface area contributed by atoms with Crippen molar-refractivity contribution < 1.29 is 26.7 Å². The lowest BCUT2D eigenvalue weighted by Gasteiger charge is -2.19. The first kappa shape index (κ1) is 22.1. The van der Waals surface area contributed by atoms with E-state index < -0.39 is 36.5 Å². The summed E-state index contributed by atoms with van der Waals surface area (Å²) in [4.78, 5) is 20.5. The lowest BCUT2D eigenvalue weighted by atomic mass is 9.97. The lowest BCUT2D eigenvalue weighted by molar-refractivity contribution is -0.285. The number of nitrogens with zero attached hydrogens (tertiary/aromatic N) is 4. The van der Waals surface area contributed by atoms with Gasteiger partial charge in [-0.2, -0.15) is 27.1 Å². The quantitative estimate of drug-likeness (QED) is 0.496. The minimum atomic E-state index is -5.69. The average molecular weight is 476 g/mol. The van der Waals surface area contributed by atoms with Gasteiger partial charge in [0.2, 0.25) is 5.91 Å².